The molecule has 0 radical (unpaired) electrons. The molecule has 0 spiro atoms. The highest BCUT2D eigenvalue weighted by Crippen LogP contribution is 2.08. The van der Waals surface area contributed by atoms with E-state index in [1.807, 2.05) is 30.3 Å². The average molecular weight is 305 g/mol. The van der Waals surface area contributed by atoms with Crippen LogP contribution >= 0.6 is 0 Å². The molecular weight excluding hydrogens is 278 g/mol. The normalized spacial score (nSPS) is 10.5. The van der Waals surface area contributed by atoms with Gasteiger partial charge in [0.25, 0.3) is 0 Å². The van der Waals surface area contributed by atoms with E-state index in [-0.39, 0.29) is 18.3 Å². The lowest BCUT2D eigenvalue weighted by molar-refractivity contribution is -0.144. The van der Waals surface area contributed by atoms with Crippen molar-refractivity contribution in [3.63, 3.8) is 0 Å². The SMILES string of the molecule is CCOC(=O)CCN(CC(C)C)C(=O)CCc1ccccc1. The minimum absolute atomic E-state index is 0.0989. The molecule has 0 aliphatic carbocycles. The van der Waals surface area contributed by atoms with Gasteiger partial charge < -0.3 is 9.64 Å². The average Bonchev–Trinajstić information content (AvgIpc) is 2.50. The first-order valence-electron chi connectivity index (χ1n) is 8.00. The van der Waals surface area contributed by atoms with E-state index in [2.05, 4.69) is 13.8 Å². The maximum atomic E-state index is 12.4. The van der Waals surface area contributed by atoms with Crippen molar-refractivity contribution >= 4 is 11.9 Å². The quantitative estimate of drug-likeness (QED) is 0.659. The summed E-state index contributed by atoms with van der Waals surface area (Å²) in [6.07, 6.45) is 1.46. The number of hydrogen-bond donors (Lipinski definition) is 0. The van der Waals surface area contributed by atoms with Crippen molar-refractivity contribution < 1.29 is 14.3 Å². The van der Waals surface area contributed by atoms with Gasteiger partial charge in [0.15, 0.2) is 0 Å². The van der Waals surface area contributed by atoms with Crippen LogP contribution in [0.1, 0.15) is 39.2 Å². The Morgan fingerprint density at radius 3 is 2.41 bits per heavy atom. The van der Waals surface area contributed by atoms with Crippen molar-refractivity contribution in [1.29, 1.82) is 0 Å². The van der Waals surface area contributed by atoms with Crippen LogP contribution in [0.25, 0.3) is 0 Å². The predicted octanol–water partition coefficient (Wildman–Crippen LogP) is 3.06. The highest BCUT2D eigenvalue weighted by molar-refractivity contribution is 5.77. The summed E-state index contributed by atoms with van der Waals surface area (Å²) in [7, 11) is 0. The van der Waals surface area contributed by atoms with Gasteiger partial charge in [-0.2, -0.15) is 0 Å². The Hall–Kier alpha value is -1.84. The van der Waals surface area contributed by atoms with Crippen molar-refractivity contribution in [2.45, 2.75) is 40.0 Å². The predicted molar refractivity (Wildman–Crippen MR) is 87.4 cm³/mol. The summed E-state index contributed by atoms with van der Waals surface area (Å²) in [5.41, 5.74) is 1.16. The fourth-order valence-electron chi connectivity index (χ4n) is 2.27. The number of carbonyl (C=O) groups is 2. The van der Waals surface area contributed by atoms with Crippen LogP contribution < -0.4 is 0 Å². The molecule has 0 bridgehead atoms. The second kappa shape index (κ2) is 9.98. The molecule has 0 unspecified atom stereocenters. The molecule has 0 saturated heterocycles. The Morgan fingerprint density at radius 2 is 1.82 bits per heavy atom. The monoisotopic (exact) mass is 305 g/mol. The zero-order valence-electron chi connectivity index (χ0n) is 13.9. The third kappa shape index (κ3) is 7.25. The van der Waals surface area contributed by atoms with Crippen molar-refractivity contribution in [1.82, 2.24) is 4.90 Å². The van der Waals surface area contributed by atoms with Gasteiger partial charge in [0.05, 0.1) is 13.0 Å². The number of amides is 1. The van der Waals surface area contributed by atoms with E-state index in [4.69, 9.17) is 4.74 Å². The summed E-state index contributed by atoms with van der Waals surface area (Å²) in [6, 6.07) is 9.98. The Balaban J connectivity index is 2.50. The number of benzene rings is 1. The number of carbonyl (C=O) groups excluding carboxylic acids is 2. The number of ether oxygens (including phenoxy) is 1. The van der Waals surface area contributed by atoms with E-state index in [0.717, 1.165) is 12.0 Å². The molecule has 0 saturated carbocycles. The van der Waals surface area contributed by atoms with Gasteiger partial charge in [-0.25, -0.2) is 0 Å². The number of nitrogens with zero attached hydrogens (tertiary/aromatic N) is 1. The van der Waals surface area contributed by atoms with Crippen molar-refractivity contribution in [2.75, 3.05) is 19.7 Å². The highest BCUT2D eigenvalue weighted by atomic mass is 16.5. The van der Waals surface area contributed by atoms with Gasteiger partial charge in [-0.05, 0) is 24.8 Å². The molecular formula is C18H27NO3. The van der Waals surface area contributed by atoms with E-state index in [1.165, 1.54) is 0 Å². The van der Waals surface area contributed by atoms with E-state index in [0.29, 0.717) is 32.0 Å². The van der Waals surface area contributed by atoms with Gasteiger partial charge in [-0.1, -0.05) is 44.2 Å². The Morgan fingerprint density at radius 1 is 1.14 bits per heavy atom. The minimum atomic E-state index is -0.243. The molecule has 1 amide bonds. The smallest absolute Gasteiger partial charge is 0.307 e. The number of aryl methyl sites for hydroxylation is 1. The van der Waals surface area contributed by atoms with Crippen LogP contribution in [0.3, 0.4) is 0 Å². The van der Waals surface area contributed by atoms with Crippen LogP contribution in [-0.2, 0) is 20.7 Å². The van der Waals surface area contributed by atoms with E-state index in [9.17, 15) is 9.59 Å². The summed E-state index contributed by atoms with van der Waals surface area (Å²) in [5.74, 6) is 0.233. The Labute approximate surface area is 133 Å². The lowest BCUT2D eigenvalue weighted by Crippen LogP contribution is -2.36. The zero-order chi connectivity index (χ0) is 16.4. The second-order valence-electron chi connectivity index (χ2n) is 5.77. The molecule has 1 aromatic rings. The first-order chi connectivity index (χ1) is 10.5. The lowest BCUT2D eigenvalue weighted by atomic mass is 10.1. The van der Waals surface area contributed by atoms with Crippen LogP contribution in [0, 0.1) is 5.92 Å². The third-order valence-corrected chi connectivity index (χ3v) is 3.30. The van der Waals surface area contributed by atoms with Crippen molar-refractivity contribution in [3.05, 3.63) is 35.9 Å². The zero-order valence-corrected chi connectivity index (χ0v) is 13.9. The first kappa shape index (κ1) is 18.2. The standard InChI is InChI=1S/C18H27NO3/c1-4-22-18(21)12-13-19(14-15(2)3)17(20)11-10-16-8-6-5-7-9-16/h5-9,15H,4,10-14H2,1-3H3. The number of rotatable bonds is 9. The van der Waals surface area contributed by atoms with Crippen LogP contribution in [0.4, 0.5) is 0 Å². The van der Waals surface area contributed by atoms with Gasteiger partial charge in [-0.15, -0.1) is 0 Å². The fourth-order valence-corrected chi connectivity index (χ4v) is 2.27. The maximum Gasteiger partial charge on any atom is 0.307 e. The van der Waals surface area contributed by atoms with Gasteiger partial charge in [0.2, 0.25) is 5.91 Å². The molecule has 0 fully saturated rings. The van der Waals surface area contributed by atoms with Crippen molar-refractivity contribution in [3.8, 4) is 0 Å². The number of esters is 1. The van der Waals surface area contributed by atoms with E-state index in [1.54, 1.807) is 11.8 Å². The largest absolute Gasteiger partial charge is 0.466 e. The Kier molecular flexibility index (Phi) is 8.26. The van der Waals surface area contributed by atoms with Gasteiger partial charge in [0.1, 0.15) is 0 Å². The van der Waals surface area contributed by atoms with Crippen LogP contribution in [0.5, 0.6) is 0 Å². The third-order valence-electron chi connectivity index (χ3n) is 3.30. The maximum absolute atomic E-state index is 12.4. The molecule has 1 rings (SSSR count). The molecule has 0 N–H and O–H groups in total. The first-order valence-corrected chi connectivity index (χ1v) is 8.00. The molecule has 0 heterocycles. The minimum Gasteiger partial charge on any atom is -0.466 e. The lowest BCUT2D eigenvalue weighted by Gasteiger charge is -2.24. The van der Waals surface area contributed by atoms with Crippen LogP contribution in [0.15, 0.2) is 30.3 Å². The van der Waals surface area contributed by atoms with E-state index >= 15 is 0 Å². The molecule has 22 heavy (non-hydrogen) atoms. The van der Waals surface area contributed by atoms with Gasteiger partial charge in [0, 0.05) is 19.5 Å². The van der Waals surface area contributed by atoms with Gasteiger partial charge in [-0.3, -0.25) is 9.59 Å². The molecule has 4 heteroatoms. The van der Waals surface area contributed by atoms with Crippen LogP contribution in [0.2, 0.25) is 0 Å². The summed E-state index contributed by atoms with van der Waals surface area (Å²) < 4.78 is 4.93. The molecule has 0 aromatic heterocycles. The molecule has 0 aliphatic rings. The van der Waals surface area contributed by atoms with Gasteiger partial charge >= 0.3 is 5.97 Å². The molecule has 0 atom stereocenters. The molecule has 4 nitrogen and oxygen atoms in total. The molecule has 1 aromatic carbocycles. The van der Waals surface area contributed by atoms with E-state index < -0.39 is 0 Å². The Bertz CT molecular complexity index is 457. The van der Waals surface area contributed by atoms with Crippen molar-refractivity contribution in [2.24, 2.45) is 5.92 Å². The second-order valence-corrected chi connectivity index (χ2v) is 5.77. The molecule has 0 aliphatic heterocycles. The number of hydrogen-bond acceptors (Lipinski definition) is 3. The fraction of sp³-hybridized carbons (Fsp3) is 0.556. The molecule has 122 valence electrons. The summed E-state index contributed by atoms with van der Waals surface area (Å²) in [4.78, 5) is 25.7. The topological polar surface area (TPSA) is 46.6 Å². The summed E-state index contributed by atoms with van der Waals surface area (Å²) in [6.45, 7) is 7.42. The highest BCUT2D eigenvalue weighted by Gasteiger charge is 2.16. The van der Waals surface area contributed by atoms with Crippen LogP contribution in [-0.4, -0.2) is 36.5 Å². The summed E-state index contributed by atoms with van der Waals surface area (Å²) >= 11 is 0. The summed E-state index contributed by atoms with van der Waals surface area (Å²) in [5, 5.41) is 0.